The third kappa shape index (κ3) is 2.68. The molecule has 0 aromatic heterocycles. The fourth-order valence-corrected chi connectivity index (χ4v) is 2.49. The smallest absolute Gasteiger partial charge is 0.347 e. The van der Waals surface area contributed by atoms with Gasteiger partial charge in [0.1, 0.15) is 5.75 Å². The van der Waals surface area contributed by atoms with Crippen molar-refractivity contribution in [1.82, 2.24) is 0 Å². The molecular weight excluding hydrogens is 331 g/mol. The summed E-state index contributed by atoms with van der Waals surface area (Å²) in [5.74, 6) is -2.09. The molecule has 0 saturated heterocycles. The summed E-state index contributed by atoms with van der Waals surface area (Å²) in [6.07, 6.45) is 0. The number of benzene rings is 2. The lowest BCUT2D eigenvalue weighted by atomic mass is 10.1. The number of rotatable bonds is 2. The van der Waals surface area contributed by atoms with Gasteiger partial charge < -0.3 is 9.47 Å². The molecule has 0 spiro atoms. The summed E-state index contributed by atoms with van der Waals surface area (Å²) in [7, 11) is 0. The lowest BCUT2D eigenvalue weighted by molar-refractivity contribution is 0.0442. The Bertz CT molecular complexity index is 808. The zero-order valence-corrected chi connectivity index (χ0v) is 12.3. The fourth-order valence-electron chi connectivity index (χ4n) is 1.97. The van der Waals surface area contributed by atoms with Crippen LogP contribution in [0.15, 0.2) is 36.4 Å². The van der Waals surface area contributed by atoms with Crippen molar-refractivity contribution in [3.63, 3.8) is 0 Å². The largest absolute Gasteiger partial charge is 0.423 e. The molecular formula is C15H6Cl2O5. The van der Waals surface area contributed by atoms with E-state index in [9.17, 15) is 14.4 Å². The molecule has 0 bridgehead atoms. The van der Waals surface area contributed by atoms with E-state index in [0.717, 1.165) is 0 Å². The lowest BCUT2D eigenvalue weighted by Gasteiger charge is -2.06. The number of carbonyl (C=O) groups is 3. The average Bonchev–Trinajstić information content (AvgIpc) is 2.72. The number of hydrogen-bond acceptors (Lipinski definition) is 5. The number of cyclic esters (lactones) is 2. The Morgan fingerprint density at radius 1 is 0.909 bits per heavy atom. The zero-order valence-electron chi connectivity index (χ0n) is 10.8. The van der Waals surface area contributed by atoms with Gasteiger partial charge in [0.25, 0.3) is 0 Å². The van der Waals surface area contributed by atoms with E-state index in [-0.39, 0.29) is 22.4 Å². The van der Waals surface area contributed by atoms with Crippen molar-refractivity contribution in [2.24, 2.45) is 0 Å². The van der Waals surface area contributed by atoms with Crippen LogP contribution in [0, 0.1) is 0 Å². The number of halogens is 2. The van der Waals surface area contributed by atoms with Gasteiger partial charge in [-0.3, -0.25) is 0 Å². The number of esters is 3. The van der Waals surface area contributed by atoms with E-state index < -0.39 is 17.9 Å². The second kappa shape index (κ2) is 5.44. The number of carbonyl (C=O) groups excluding carboxylic acids is 3. The van der Waals surface area contributed by atoms with Crippen LogP contribution in [0.2, 0.25) is 10.0 Å². The molecule has 2 aromatic rings. The first-order valence-corrected chi connectivity index (χ1v) is 6.78. The summed E-state index contributed by atoms with van der Waals surface area (Å²) in [6.45, 7) is 0. The first-order chi connectivity index (χ1) is 10.4. The Hall–Kier alpha value is -2.37. The quantitative estimate of drug-likeness (QED) is 0.476. The van der Waals surface area contributed by atoms with Gasteiger partial charge in [0.05, 0.1) is 16.7 Å². The molecule has 1 heterocycles. The van der Waals surface area contributed by atoms with Gasteiger partial charge in [-0.05, 0) is 36.4 Å². The summed E-state index contributed by atoms with van der Waals surface area (Å²) >= 11 is 11.6. The molecule has 0 N–H and O–H groups in total. The van der Waals surface area contributed by atoms with Gasteiger partial charge >= 0.3 is 17.9 Å². The standard InChI is InChI=1S/C15H6Cl2O5/c16-8-3-7(4-9(17)5-8)13(18)21-10-1-2-11-12(6-10)15(20)22-14(11)19/h1-6H. The van der Waals surface area contributed by atoms with E-state index in [4.69, 9.17) is 27.9 Å². The second-order valence-electron chi connectivity index (χ2n) is 4.43. The predicted molar refractivity (Wildman–Crippen MR) is 77.6 cm³/mol. The van der Waals surface area contributed by atoms with Crippen LogP contribution in [0.3, 0.4) is 0 Å². The fraction of sp³-hybridized carbons (Fsp3) is 0. The Balaban J connectivity index is 1.87. The third-order valence-electron chi connectivity index (χ3n) is 2.93. The number of fused-ring (bicyclic) bond motifs is 1. The van der Waals surface area contributed by atoms with Crippen LogP contribution in [0.1, 0.15) is 31.1 Å². The van der Waals surface area contributed by atoms with Crippen LogP contribution >= 0.6 is 23.2 Å². The highest BCUT2D eigenvalue weighted by Gasteiger charge is 2.30. The van der Waals surface area contributed by atoms with E-state index in [1.54, 1.807) is 0 Å². The summed E-state index contributed by atoms with van der Waals surface area (Å²) in [5.41, 5.74) is 0.353. The third-order valence-corrected chi connectivity index (χ3v) is 3.36. The maximum atomic E-state index is 12.0. The van der Waals surface area contributed by atoms with Gasteiger partial charge in [0, 0.05) is 10.0 Å². The molecule has 5 nitrogen and oxygen atoms in total. The van der Waals surface area contributed by atoms with E-state index in [1.165, 1.54) is 36.4 Å². The summed E-state index contributed by atoms with van der Waals surface area (Å²) in [4.78, 5) is 34.8. The Labute approximate surface area is 134 Å². The topological polar surface area (TPSA) is 69.7 Å². The average molecular weight is 337 g/mol. The molecule has 1 aliphatic rings. The van der Waals surface area contributed by atoms with Crippen molar-refractivity contribution in [1.29, 1.82) is 0 Å². The maximum absolute atomic E-state index is 12.0. The first kappa shape index (κ1) is 14.6. The van der Waals surface area contributed by atoms with Crippen molar-refractivity contribution in [2.75, 3.05) is 0 Å². The van der Waals surface area contributed by atoms with E-state index in [1.807, 2.05) is 0 Å². The van der Waals surface area contributed by atoms with Crippen molar-refractivity contribution in [3.8, 4) is 5.75 Å². The molecule has 7 heteroatoms. The second-order valence-corrected chi connectivity index (χ2v) is 5.30. The molecule has 0 amide bonds. The highest BCUT2D eigenvalue weighted by atomic mass is 35.5. The van der Waals surface area contributed by atoms with Crippen molar-refractivity contribution in [2.45, 2.75) is 0 Å². The van der Waals surface area contributed by atoms with Crippen molar-refractivity contribution >= 4 is 41.1 Å². The van der Waals surface area contributed by atoms with Crippen molar-refractivity contribution < 1.29 is 23.9 Å². The van der Waals surface area contributed by atoms with Crippen molar-refractivity contribution in [3.05, 3.63) is 63.1 Å². The van der Waals surface area contributed by atoms with Crippen LogP contribution in [0.25, 0.3) is 0 Å². The molecule has 0 aliphatic carbocycles. The maximum Gasteiger partial charge on any atom is 0.347 e. The molecule has 0 unspecified atom stereocenters. The summed E-state index contributed by atoms with van der Waals surface area (Å²) in [5, 5.41) is 0.588. The van der Waals surface area contributed by atoms with Gasteiger partial charge in [-0.2, -0.15) is 0 Å². The normalized spacial score (nSPS) is 12.8. The summed E-state index contributed by atoms with van der Waals surface area (Å²) < 4.78 is 9.60. The molecule has 110 valence electrons. The van der Waals surface area contributed by atoms with Gasteiger partial charge in [0.2, 0.25) is 0 Å². The van der Waals surface area contributed by atoms with Gasteiger partial charge in [-0.1, -0.05) is 23.2 Å². The minimum Gasteiger partial charge on any atom is -0.423 e. The highest BCUT2D eigenvalue weighted by Crippen LogP contribution is 2.26. The SMILES string of the molecule is O=C(Oc1ccc2c(c1)C(=O)OC2=O)c1cc(Cl)cc(Cl)c1. The molecule has 1 aliphatic heterocycles. The van der Waals surface area contributed by atoms with Crippen LogP contribution < -0.4 is 4.74 Å². The molecule has 0 radical (unpaired) electrons. The number of hydrogen-bond donors (Lipinski definition) is 0. The van der Waals surface area contributed by atoms with Crippen LogP contribution in [0.5, 0.6) is 5.75 Å². The first-order valence-electron chi connectivity index (χ1n) is 6.03. The Morgan fingerprint density at radius 3 is 2.23 bits per heavy atom. The molecule has 3 rings (SSSR count). The minimum absolute atomic E-state index is 0.0550. The van der Waals surface area contributed by atoms with E-state index in [2.05, 4.69) is 4.74 Å². The predicted octanol–water partition coefficient (Wildman–Crippen LogP) is 3.52. The molecule has 2 aromatic carbocycles. The molecule has 0 saturated carbocycles. The van der Waals surface area contributed by atoms with Gasteiger partial charge in [-0.15, -0.1) is 0 Å². The lowest BCUT2D eigenvalue weighted by Crippen LogP contribution is -2.09. The van der Waals surface area contributed by atoms with E-state index in [0.29, 0.717) is 10.0 Å². The van der Waals surface area contributed by atoms with Gasteiger partial charge in [-0.25, -0.2) is 14.4 Å². The monoisotopic (exact) mass is 336 g/mol. The highest BCUT2D eigenvalue weighted by molar-refractivity contribution is 6.35. The molecule has 22 heavy (non-hydrogen) atoms. The van der Waals surface area contributed by atoms with Crippen LogP contribution in [-0.4, -0.2) is 17.9 Å². The van der Waals surface area contributed by atoms with Crippen LogP contribution in [-0.2, 0) is 4.74 Å². The summed E-state index contributed by atoms with van der Waals surface area (Å²) in [6, 6.07) is 8.31. The van der Waals surface area contributed by atoms with Gasteiger partial charge in [0.15, 0.2) is 0 Å². The minimum atomic E-state index is -0.774. The van der Waals surface area contributed by atoms with E-state index >= 15 is 0 Å². The Morgan fingerprint density at radius 2 is 1.55 bits per heavy atom. The van der Waals surface area contributed by atoms with Crippen LogP contribution in [0.4, 0.5) is 0 Å². The molecule has 0 atom stereocenters. The number of ether oxygens (including phenoxy) is 2. The molecule has 0 fully saturated rings. The zero-order chi connectivity index (χ0) is 15.9. The Kier molecular flexibility index (Phi) is 3.60.